The van der Waals surface area contributed by atoms with Gasteiger partial charge in [-0.3, -0.25) is 0 Å². The van der Waals surface area contributed by atoms with Crippen LogP contribution >= 0.6 is 12.4 Å². The van der Waals surface area contributed by atoms with Gasteiger partial charge in [0.15, 0.2) is 0 Å². The fraction of sp³-hybridized carbons (Fsp3) is 0.231. The van der Waals surface area contributed by atoms with Gasteiger partial charge in [0.2, 0.25) is 10.0 Å². The number of sulfonamides is 1. The Kier molecular flexibility index (Phi) is 5.76. The smallest absolute Gasteiger partial charge is 0.244 e. The zero-order valence-electron chi connectivity index (χ0n) is 11.0. The van der Waals surface area contributed by atoms with E-state index in [0.29, 0.717) is 11.1 Å². The van der Waals surface area contributed by atoms with Gasteiger partial charge in [0, 0.05) is 18.5 Å². The Bertz CT molecular complexity index is 689. The fourth-order valence-electron chi connectivity index (χ4n) is 1.93. The number of methoxy groups -OCH3 is 1. The van der Waals surface area contributed by atoms with Gasteiger partial charge in [-0.2, -0.15) is 0 Å². The molecule has 2 aromatic rings. The third-order valence-corrected chi connectivity index (χ3v) is 4.31. The molecule has 2 aromatic carbocycles. The molecule has 0 heterocycles. The number of halogens is 1. The molecule has 0 radical (unpaired) electrons. The maximum Gasteiger partial charge on any atom is 0.244 e. The second-order valence-electron chi connectivity index (χ2n) is 4.00. The van der Waals surface area contributed by atoms with E-state index in [0.717, 1.165) is 5.39 Å². The van der Waals surface area contributed by atoms with Gasteiger partial charge in [0.1, 0.15) is 10.6 Å². The van der Waals surface area contributed by atoms with Crippen LogP contribution in [0.3, 0.4) is 0 Å². The van der Waals surface area contributed by atoms with Gasteiger partial charge in [-0.1, -0.05) is 30.3 Å². The van der Waals surface area contributed by atoms with Crippen molar-refractivity contribution >= 4 is 33.2 Å². The van der Waals surface area contributed by atoms with Crippen molar-refractivity contribution in [1.29, 1.82) is 0 Å². The molecule has 0 bridgehead atoms. The number of rotatable bonds is 5. The molecule has 20 heavy (non-hydrogen) atoms. The monoisotopic (exact) mass is 316 g/mol. The van der Waals surface area contributed by atoms with Gasteiger partial charge in [0.25, 0.3) is 0 Å². The first-order valence-corrected chi connectivity index (χ1v) is 7.34. The molecule has 0 saturated carbocycles. The Labute approximate surface area is 124 Å². The Hall–Kier alpha value is -1.34. The van der Waals surface area contributed by atoms with Crippen LogP contribution in [-0.4, -0.2) is 28.6 Å². The van der Waals surface area contributed by atoms with Gasteiger partial charge in [-0.05, 0) is 11.5 Å². The highest BCUT2D eigenvalue weighted by Gasteiger charge is 2.21. The summed E-state index contributed by atoms with van der Waals surface area (Å²) in [6.45, 7) is 0.432. The van der Waals surface area contributed by atoms with E-state index in [1.807, 2.05) is 18.2 Å². The summed E-state index contributed by atoms with van der Waals surface area (Å²) in [5, 5.41) is 1.47. The summed E-state index contributed by atoms with van der Waals surface area (Å²) >= 11 is 0. The molecule has 0 unspecified atom stereocenters. The van der Waals surface area contributed by atoms with Crippen LogP contribution in [0.25, 0.3) is 10.8 Å². The average molecular weight is 317 g/mol. The van der Waals surface area contributed by atoms with Crippen LogP contribution in [0.4, 0.5) is 0 Å². The minimum absolute atomic E-state index is 0. The van der Waals surface area contributed by atoms with Gasteiger partial charge in [-0.25, -0.2) is 13.1 Å². The summed E-state index contributed by atoms with van der Waals surface area (Å²) in [6, 6.07) is 10.8. The largest absolute Gasteiger partial charge is 0.495 e. The molecular weight excluding hydrogens is 300 g/mol. The van der Waals surface area contributed by atoms with Crippen molar-refractivity contribution in [2.45, 2.75) is 4.90 Å². The molecule has 7 heteroatoms. The van der Waals surface area contributed by atoms with Crippen molar-refractivity contribution in [2.24, 2.45) is 5.73 Å². The Morgan fingerprint density at radius 1 is 1.20 bits per heavy atom. The zero-order valence-corrected chi connectivity index (χ0v) is 12.6. The first-order chi connectivity index (χ1) is 9.10. The second-order valence-corrected chi connectivity index (χ2v) is 5.71. The van der Waals surface area contributed by atoms with Crippen LogP contribution in [0, 0.1) is 0 Å². The molecule has 5 nitrogen and oxygen atoms in total. The Morgan fingerprint density at radius 2 is 1.90 bits per heavy atom. The summed E-state index contributed by atoms with van der Waals surface area (Å²) in [4.78, 5) is 0.154. The molecule has 0 fully saturated rings. The van der Waals surface area contributed by atoms with Crippen LogP contribution in [-0.2, 0) is 10.0 Å². The Morgan fingerprint density at radius 3 is 2.55 bits per heavy atom. The lowest BCUT2D eigenvalue weighted by Gasteiger charge is -2.13. The van der Waals surface area contributed by atoms with E-state index in [1.165, 1.54) is 7.11 Å². The van der Waals surface area contributed by atoms with Crippen LogP contribution < -0.4 is 15.2 Å². The fourth-order valence-corrected chi connectivity index (χ4v) is 3.35. The normalized spacial score (nSPS) is 11.1. The predicted octanol–water partition coefficient (Wildman–Crippen LogP) is 1.51. The molecule has 0 aliphatic heterocycles. The highest BCUT2D eigenvalue weighted by atomic mass is 35.5. The van der Waals surface area contributed by atoms with Gasteiger partial charge >= 0.3 is 0 Å². The molecular formula is C13H17ClN2O3S. The van der Waals surface area contributed by atoms with Crippen molar-refractivity contribution in [3.63, 3.8) is 0 Å². The number of ether oxygens (including phenoxy) is 1. The summed E-state index contributed by atoms with van der Waals surface area (Å²) in [5.41, 5.74) is 5.34. The van der Waals surface area contributed by atoms with E-state index in [2.05, 4.69) is 4.72 Å². The molecule has 2 rings (SSSR count). The SMILES string of the molecule is COc1ccc2ccccc2c1S(=O)(=O)NCCN.Cl. The van der Waals surface area contributed by atoms with Gasteiger partial charge in [-0.15, -0.1) is 12.4 Å². The van der Waals surface area contributed by atoms with Crippen molar-refractivity contribution < 1.29 is 13.2 Å². The molecule has 0 aromatic heterocycles. The lowest BCUT2D eigenvalue weighted by Crippen LogP contribution is -2.29. The van der Waals surface area contributed by atoms with Crippen molar-refractivity contribution in [2.75, 3.05) is 20.2 Å². The highest BCUT2D eigenvalue weighted by Crippen LogP contribution is 2.31. The Balaban J connectivity index is 0.00000200. The summed E-state index contributed by atoms with van der Waals surface area (Å²) in [6.07, 6.45) is 0. The molecule has 0 aliphatic carbocycles. The van der Waals surface area contributed by atoms with Crippen LogP contribution in [0.15, 0.2) is 41.3 Å². The topological polar surface area (TPSA) is 81.4 Å². The van der Waals surface area contributed by atoms with Crippen LogP contribution in [0.2, 0.25) is 0 Å². The molecule has 0 saturated heterocycles. The molecule has 0 aliphatic rings. The summed E-state index contributed by atoms with van der Waals surface area (Å²) in [7, 11) is -2.20. The number of nitrogens with one attached hydrogen (secondary N) is 1. The first-order valence-electron chi connectivity index (χ1n) is 5.85. The number of nitrogens with two attached hydrogens (primary N) is 1. The minimum atomic E-state index is -3.65. The lowest BCUT2D eigenvalue weighted by molar-refractivity contribution is 0.403. The lowest BCUT2D eigenvalue weighted by atomic mass is 10.1. The average Bonchev–Trinajstić information content (AvgIpc) is 2.43. The van der Waals surface area contributed by atoms with E-state index >= 15 is 0 Å². The maximum absolute atomic E-state index is 12.3. The van der Waals surface area contributed by atoms with Gasteiger partial charge in [0.05, 0.1) is 7.11 Å². The first kappa shape index (κ1) is 16.7. The number of benzene rings is 2. The number of fused-ring (bicyclic) bond motifs is 1. The maximum atomic E-state index is 12.3. The highest BCUT2D eigenvalue weighted by molar-refractivity contribution is 7.89. The van der Waals surface area contributed by atoms with E-state index in [1.54, 1.807) is 18.2 Å². The zero-order chi connectivity index (χ0) is 13.9. The summed E-state index contributed by atoms with van der Waals surface area (Å²) in [5.74, 6) is 0.322. The van der Waals surface area contributed by atoms with Crippen molar-refractivity contribution in [3.8, 4) is 5.75 Å². The molecule has 3 N–H and O–H groups in total. The van der Waals surface area contributed by atoms with E-state index in [-0.39, 0.29) is 30.4 Å². The third kappa shape index (κ3) is 3.21. The second kappa shape index (κ2) is 6.90. The van der Waals surface area contributed by atoms with Crippen LogP contribution in [0.5, 0.6) is 5.75 Å². The molecule has 0 spiro atoms. The standard InChI is InChI=1S/C13H16N2O3S.ClH/c1-18-12-7-6-10-4-2-3-5-11(10)13(12)19(16,17)15-9-8-14;/h2-7,15H,8-9,14H2,1H3;1H. The van der Waals surface area contributed by atoms with E-state index < -0.39 is 10.0 Å². The minimum Gasteiger partial charge on any atom is -0.495 e. The van der Waals surface area contributed by atoms with Crippen molar-refractivity contribution in [3.05, 3.63) is 36.4 Å². The molecule has 0 atom stereocenters. The van der Waals surface area contributed by atoms with Gasteiger partial charge < -0.3 is 10.5 Å². The number of hydrogen-bond donors (Lipinski definition) is 2. The number of hydrogen-bond acceptors (Lipinski definition) is 4. The third-order valence-electron chi connectivity index (χ3n) is 2.77. The predicted molar refractivity (Wildman–Crippen MR) is 82.0 cm³/mol. The van der Waals surface area contributed by atoms with E-state index in [4.69, 9.17) is 10.5 Å². The molecule has 110 valence electrons. The van der Waals surface area contributed by atoms with Crippen molar-refractivity contribution in [1.82, 2.24) is 4.72 Å². The summed E-state index contributed by atoms with van der Waals surface area (Å²) < 4.78 is 32.3. The molecule has 0 amide bonds. The van der Waals surface area contributed by atoms with E-state index in [9.17, 15) is 8.42 Å². The quantitative estimate of drug-likeness (QED) is 0.876. The van der Waals surface area contributed by atoms with Crippen LogP contribution in [0.1, 0.15) is 0 Å².